The van der Waals surface area contributed by atoms with E-state index in [1.165, 1.54) is 24.5 Å². The number of hydrogen-bond donors (Lipinski definition) is 0. The number of aldehydes is 1. The first kappa shape index (κ1) is 23.5. The number of nitro benzene ring substituents is 1. The van der Waals surface area contributed by atoms with Crippen LogP contribution >= 0.6 is 0 Å². The third kappa shape index (κ3) is 9.45. The molecule has 1 aromatic carbocycles. The van der Waals surface area contributed by atoms with Crippen LogP contribution in [0, 0.1) is 10.1 Å². The van der Waals surface area contributed by atoms with Gasteiger partial charge < -0.3 is 14.3 Å². The largest absolute Gasteiger partial charge is 0.493 e. The Balaban J connectivity index is 2.98. The van der Waals surface area contributed by atoms with Gasteiger partial charge in [-0.2, -0.15) is 0 Å². The molecule has 1 atom stereocenters. The summed E-state index contributed by atoms with van der Waals surface area (Å²) in [4.78, 5) is 32.7. The molecule has 156 valence electrons. The molecule has 0 spiro atoms. The van der Waals surface area contributed by atoms with Gasteiger partial charge in [0, 0.05) is 18.7 Å². The molecule has 0 N–H and O–H groups in total. The van der Waals surface area contributed by atoms with Crippen LogP contribution in [0.4, 0.5) is 10.5 Å². The first-order valence-electron chi connectivity index (χ1n) is 8.69. The standard InChI is InChI=1S/C18H26N2O7S/c1-18(2,3)27-17(22)19-28(4,25)13-14-10-15(20(23)24)12-16(11-14)26-9-7-5-6-8-21/h8,10-12H,5-7,9,13H2,1-4H3. The minimum Gasteiger partial charge on any atom is -0.493 e. The number of non-ortho nitro benzene ring substituents is 1. The predicted octanol–water partition coefficient (Wildman–Crippen LogP) is 3.88. The van der Waals surface area contributed by atoms with Crippen molar-refractivity contribution < 1.29 is 28.2 Å². The smallest absolute Gasteiger partial charge is 0.442 e. The molecule has 0 radical (unpaired) electrons. The van der Waals surface area contributed by atoms with Crippen molar-refractivity contribution in [2.45, 2.75) is 51.4 Å². The normalized spacial score (nSPS) is 13.3. The Hall–Kier alpha value is -2.49. The highest BCUT2D eigenvalue weighted by atomic mass is 32.2. The van der Waals surface area contributed by atoms with Crippen molar-refractivity contribution in [3.05, 3.63) is 33.9 Å². The zero-order valence-electron chi connectivity index (χ0n) is 16.5. The quantitative estimate of drug-likeness (QED) is 0.260. The van der Waals surface area contributed by atoms with Crippen LogP contribution in [-0.2, 0) is 25.0 Å². The number of hydrogen-bond acceptors (Lipinski definition) is 7. The third-order valence-corrected chi connectivity index (χ3v) is 4.65. The van der Waals surface area contributed by atoms with Gasteiger partial charge in [-0.15, -0.1) is 4.36 Å². The molecule has 0 fully saturated rings. The summed E-state index contributed by atoms with van der Waals surface area (Å²) in [7, 11) is -3.01. The van der Waals surface area contributed by atoms with Crippen molar-refractivity contribution in [3.8, 4) is 5.75 Å². The second-order valence-corrected chi connectivity index (χ2v) is 9.67. The number of nitro groups is 1. The van der Waals surface area contributed by atoms with E-state index >= 15 is 0 Å². The molecule has 0 aromatic heterocycles. The molecule has 0 saturated heterocycles. The summed E-state index contributed by atoms with van der Waals surface area (Å²) in [6.45, 7) is 5.28. The number of ether oxygens (including phenoxy) is 2. The molecule has 28 heavy (non-hydrogen) atoms. The van der Waals surface area contributed by atoms with Gasteiger partial charge in [-0.05, 0) is 45.2 Å². The molecule has 9 nitrogen and oxygen atoms in total. The Bertz CT molecular complexity index is 837. The predicted molar refractivity (Wildman–Crippen MR) is 105 cm³/mol. The highest BCUT2D eigenvalue weighted by Crippen LogP contribution is 2.25. The van der Waals surface area contributed by atoms with E-state index in [2.05, 4.69) is 4.36 Å². The van der Waals surface area contributed by atoms with Crippen LogP contribution in [0.5, 0.6) is 5.75 Å². The highest BCUT2D eigenvalue weighted by molar-refractivity contribution is 7.92. The zero-order valence-corrected chi connectivity index (χ0v) is 17.3. The zero-order chi connectivity index (χ0) is 21.4. The van der Waals surface area contributed by atoms with Gasteiger partial charge in [-0.3, -0.25) is 10.1 Å². The molecule has 1 aromatic rings. The summed E-state index contributed by atoms with van der Waals surface area (Å²) in [6, 6.07) is 4.07. The van der Waals surface area contributed by atoms with Gasteiger partial charge in [0.05, 0.1) is 33.1 Å². The first-order chi connectivity index (χ1) is 12.9. The second-order valence-electron chi connectivity index (χ2n) is 7.28. The molecule has 1 unspecified atom stereocenters. The molecule has 0 aliphatic heterocycles. The lowest BCUT2D eigenvalue weighted by molar-refractivity contribution is -0.385. The summed E-state index contributed by atoms with van der Waals surface area (Å²) in [5, 5.41) is 11.2. The lowest BCUT2D eigenvalue weighted by atomic mass is 10.2. The number of nitrogens with zero attached hydrogens (tertiary/aromatic N) is 2. The molecule has 1 rings (SSSR count). The van der Waals surface area contributed by atoms with E-state index in [0.29, 0.717) is 24.8 Å². The van der Waals surface area contributed by atoms with Gasteiger partial charge >= 0.3 is 6.09 Å². The van der Waals surface area contributed by atoms with Crippen LogP contribution in [0.25, 0.3) is 0 Å². The van der Waals surface area contributed by atoms with Crippen LogP contribution in [0.15, 0.2) is 22.6 Å². The maximum atomic E-state index is 12.7. The van der Waals surface area contributed by atoms with Crippen molar-refractivity contribution in [3.63, 3.8) is 0 Å². The minimum atomic E-state index is -3.01. The van der Waals surface area contributed by atoms with E-state index in [4.69, 9.17) is 9.47 Å². The van der Waals surface area contributed by atoms with Crippen molar-refractivity contribution >= 4 is 27.8 Å². The van der Waals surface area contributed by atoms with E-state index in [0.717, 1.165) is 6.29 Å². The Morgan fingerprint density at radius 1 is 1.29 bits per heavy atom. The summed E-state index contributed by atoms with van der Waals surface area (Å²) in [5.74, 6) is 0.0814. The molecule has 0 aliphatic carbocycles. The van der Waals surface area contributed by atoms with Crippen molar-refractivity contribution in [2.24, 2.45) is 4.36 Å². The van der Waals surface area contributed by atoms with Crippen LogP contribution in [0.3, 0.4) is 0 Å². The van der Waals surface area contributed by atoms with Crippen molar-refractivity contribution in [1.29, 1.82) is 0 Å². The SMILES string of the molecule is CC(C)(C)OC(=O)N=S(C)(=O)Cc1cc(OCCCCC=O)cc([N+](=O)[O-])c1. The van der Waals surface area contributed by atoms with E-state index in [-0.39, 0.29) is 23.8 Å². The van der Waals surface area contributed by atoms with E-state index in [9.17, 15) is 23.9 Å². The molecule has 10 heteroatoms. The first-order valence-corrected chi connectivity index (χ1v) is 10.8. The molecule has 0 saturated carbocycles. The number of benzene rings is 1. The number of carbonyl (C=O) groups is 2. The van der Waals surface area contributed by atoms with Gasteiger partial charge in [-0.25, -0.2) is 9.00 Å². The fourth-order valence-corrected chi connectivity index (χ4v) is 3.42. The molecule has 1 amide bonds. The van der Waals surface area contributed by atoms with Crippen LogP contribution < -0.4 is 4.74 Å². The van der Waals surface area contributed by atoms with Gasteiger partial charge in [0.2, 0.25) is 0 Å². The summed E-state index contributed by atoms with van der Waals surface area (Å²) in [6.07, 6.45) is 2.86. The van der Waals surface area contributed by atoms with E-state index < -0.39 is 26.3 Å². The van der Waals surface area contributed by atoms with Gasteiger partial charge in [0.25, 0.3) is 5.69 Å². The van der Waals surface area contributed by atoms with E-state index in [1.54, 1.807) is 20.8 Å². The number of rotatable bonds is 9. The number of unbranched alkanes of at least 4 members (excludes halogenated alkanes) is 2. The minimum absolute atomic E-state index is 0.171. The highest BCUT2D eigenvalue weighted by Gasteiger charge is 2.19. The van der Waals surface area contributed by atoms with E-state index in [1.807, 2.05) is 0 Å². The average Bonchev–Trinajstić information content (AvgIpc) is 2.51. The Morgan fingerprint density at radius 3 is 2.54 bits per heavy atom. The molecular weight excluding hydrogens is 388 g/mol. The summed E-state index contributed by atoms with van der Waals surface area (Å²) >= 11 is 0. The van der Waals surface area contributed by atoms with Gasteiger partial charge in [-0.1, -0.05) is 0 Å². The summed E-state index contributed by atoms with van der Waals surface area (Å²) < 4.78 is 26.8. The molecule has 0 bridgehead atoms. The molecule has 0 heterocycles. The fourth-order valence-electron chi connectivity index (χ4n) is 2.22. The maximum absolute atomic E-state index is 12.7. The lowest BCUT2D eigenvalue weighted by Crippen LogP contribution is -2.22. The van der Waals surface area contributed by atoms with Crippen molar-refractivity contribution in [2.75, 3.05) is 12.9 Å². The molecule has 0 aliphatic rings. The third-order valence-electron chi connectivity index (χ3n) is 3.24. The van der Waals surface area contributed by atoms with Crippen molar-refractivity contribution in [1.82, 2.24) is 0 Å². The Morgan fingerprint density at radius 2 is 1.96 bits per heavy atom. The number of amides is 1. The topological polar surface area (TPSA) is 125 Å². The lowest BCUT2D eigenvalue weighted by Gasteiger charge is -2.17. The van der Waals surface area contributed by atoms with Crippen LogP contribution in [0.2, 0.25) is 0 Å². The fraction of sp³-hybridized carbons (Fsp3) is 0.556. The van der Waals surface area contributed by atoms with Gasteiger partial charge in [0.1, 0.15) is 17.6 Å². The number of carbonyl (C=O) groups excluding carboxylic acids is 2. The average molecular weight is 414 g/mol. The summed E-state index contributed by atoms with van der Waals surface area (Å²) in [5.41, 5.74) is -0.628. The van der Waals surface area contributed by atoms with Gasteiger partial charge in [0.15, 0.2) is 0 Å². The van der Waals surface area contributed by atoms with Crippen LogP contribution in [0.1, 0.15) is 45.6 Å². The maximum Gasteiger partial charge on any atom is 0.442 e. The molecular formula is C18H26N2O7S. The monoisotopic (exact) mass is 414 g/mol. The van der Waals surface area contributed by atoms with Crippen LogP contribution in [-0.4, -0.2) is 40.0 Å². The Labute approximate surface area is 164 Å². The Kier molecular flexibility index (Phi) is 8.55. The second kappa shape index (κ2) is 10.2.